The molecule has 5 aromatic rings. The first-order valence-electron chi connectivity index (χ1n) is 11.0. The average molecular weight is 455 g/mol. The van der Waals surface area contributed by atoms with E-state index < -0.39 is 0 Å². The first-order valence-corrected chi connectivity index (χ1v) is 11.0. The van der Waals surface area contributed by atoms with Gasteiger partial charge in [-0.2, -0.15) is 0 Å². The number of nitrogens with one attached hydrogen (secondary N) is 1. The molecule has 1 aromatic carbocycles. The highest BCUT2D eigenvalue weighted by atomic mass is 19.1. The lowest BCUT2D eigenvalue weighted by molar-refractivity contribution is 0.0942. The molecule has 0 radical (unpaired) electrons. The SMILES string of the molecule is Cc1cc(-c2ncccc2-c2ccn3c(C(=O)NCCCn4ccnc4)ncc3c2)ccc1F. The number of hydrogen-bond donors (Lipinski definition) is 1. The first kappa shape index (κ1) is 21.5. The van der Waals surface area contributed by atoms with Crippen LogP contribution in [0.4, 0.5) is 4.39 Å². The summed E-state index contributed by atoms with van der Waals surface area (Å²) in [6.07, 6.45) is 11.4. The van der Waals surface area contributed by atoms with E-state index in [0.717, 1.165) is 40.9 Å². The lowest BCUT2D eigenvalue weighted by atomic mass is 9.99. The second-order valence-corrected chi connectivity index (χ2v) is 8.07. The molecule has 0 atom stereocenters. The monoisotopic (exact) mass is 454 g/mol. The molecule has 0 aliphatic rings. The molecule has 4 heterocycles. The first-order chi connectivity index (χ1) is 16.6. The van der Waals surface area contributed by atoms with Crippen molar-refractivity contribution in [3.05, 3.63) is 97.0 Å². The number of carbonyl (C=O) groups excluding carboxylic acids is 1. The third kappa shape index (κ3) is 4.30. The van der Waals surface area contributed by atoms with Gasteiger partial charge in [0, 0.05) is 49.0 Å². The molecule has 0 unspecified atom stereocenters. The molecular formula is C26H23FN6O. The summed E-state index contributed by atoms with van der Waals surface area (Å²) >= 11 is 0. The molecule has 0 bridgehead atoms. The Morgan fingerprint density at radius 2 is 1.97 bits per heavy atom. The minimum atomic E-state index is -0.241. The Hall–Kier alpha value is -4.33. The second kappa shape index (κ2) is 9.27. The van der Waals surface area contributed by atoms with Crippen molar-refractivity contribution in [2.45, 2.75) is 19.9 Å². The molecule has 0 saturated heterocycles. The van der Waals surface area contributed by atoms with E-state index in [1.807, 2.05) is 41.2 Å². The molecule has 7 nitrogen and oxygen atoms in total. The zero-order chi connectivity index (χ0) is 23.5. The van der Waals surface area contributed by atoms with Crippen molar-refractivity contribution in [1.82, 2.24) is 29.2 Å². The van der Waals surface area contributed by atoms with Crippen molar-refractivity contribution in [1.29, 1.82) is 0 Å². The number of rotatable bonds is 7. The van der Waals surface area contributed by atoms with Crippen LogP contribution in [0, 0.1) is 12.7 Å². The molecule has 1 amide bonds. The number of nitrogens with zero attached hydrogens (tertiary/aromatic N) is 5. The van der Waals surface area contributed by atoms with Gasteiger partial charge in [0.05, 0.1) is 23.7 Å². The predicted molar refractivity (Wildman–Crippen MR) is 128 cm³/mol. The number of amides is 1. The Bertz CT molecular complexity index is 1460. The number of hydrogen-bond acceptors (Lipinski definition) is 4. The van der Waals surface area contributed by atoms with Gasteiger partial charge in [-0.1, -0.05) is 6.07 Å². The van der Waals surface area contributed by atoms with E-state index in [-0.39, 0.29) is 11.7 Å². The molecule has 0 saturated carbocycles. The maximum atomic E-state index is 13.8. The lowest BCUT2D eigenvalue weighted by Crippen LogP contribution is -2.27. The van der Waals surface area contributed by atoms with Crippen LogP contribution < -0.4 is 5.32 Å². The molecule has 1 N–H and O–H groups in total. The molecule has 4 aromatic heterocycles. The highest BCUT2D eigenvalue weighted by Crippen LogP contribution is 2.31. The Balaban J connectivity index is 1.37. The number of pyridine rings is 2. The quantitative estimate of drug-likeness (QED) is 0.367. The average Bonchev–Trinajstić information content (AvgIpc) is 3.53. The van der Waals surface area contributed by atoms with Crippen molar-refractivity contribution in [2.24, 2.45) is 0 Å². The van der Waals surface area contributed by atoms with E-state index in [1.54, 1.807) is 48.4 Å². The molecule has 5 rings (SSSR count). The van der Waals surface area contributed by atoms with E-state index in [0.29, 0.717) is 17.9 Å². The van der Waals surface area contributed by atoms with Gasteiger partial charge in [0.2, 0.25) is 5.82 Å². The summed E-state index contributed by atoms with van der Waals surface area (Å²) in [6.45, 7) is 3.07. The minimum Gasteiger partial charge on any atom is -0.349 e. The van der Waals surface area contributed by atoms with Gasteiger partial charge in [-0.25, -0.2) is 14.4 Å². The van der Waals surface area contributed by atoms with Crippen LogP contribution in [0.1, 0.15) is 22.6 Å². The van der Waals surface area contributed by atoms with E-state index in [1.165, 1.54) is 6.07 Å². The van der Waals surface area contributed by atoms with Crippen LogP contribution in [-0.4, -0.2) is 36.4 Å². The van der Waals surface area contributed by atoms with Gasteiger partial charge in [0.15, 0.2) is 0 Å². The second-order valence-electron chi connectivity index (χ2n) is 8.07. The number of halogens is 1. The van der Waals surface area contributed by atoms with Crippen LogP contribution >= 0.6 is 0 Å². The van der Waals surface area contributed by atoms with E-state index in [9.17, 15) is 9.18 Å². The van der Waals surface area contributed by atoms with E-state index in [2.05, 4.69) is 20.3 Å². The Morgan fingerprint density at radius 3 is 2.79 bits per heavy atom. The standard InChI is InChI=1S/C26H23FN6O/c1-18-14-20(5-6-23(18)27)24-22(4-2-8-29-24)19-7-12-33-21(15-19)16-31-25(33)26(34)30-9-3-11-32-13-10-28-17-32/h2,4-8,10,12-17H,3,9,11H2,1H3,(H,30,34). The van der Waals surface area contributed by atoms with Gasteiger partial charge in [0.1, 0.15) is 5.82 Å². The maximum absolute atomic E-state index is 13.8. The zero-order valence-corrected chi connectivity index (χ0v) is 18.6. The van der Waals surface area contributed by atoms with Crippen molar-refractivity contribution in [3.8, 4) is 22.4 Å². The Kier molecular flexibility index (Phi) is 5.86. The molecule has 0 fully saturated rings. The van der Waals surface area contributed by atoms with Gasteiger partial charge in [-0.15, -0.1) is 0 Å². The van der Waals surface area contributed by atoms with Crippen LogP contribution in [-0.2, 0) is 6.54 Å². The minimum absolute atomic E-state index is 0.220. The number of imidazole rings is 2. The fourth-order valence-electron chi connectivity index (χ4n) is 3.96. The molecule has 0 spiro atoms. The van der Waals surface area contributed by atoms with Gasteiger partial charge >= 0.3 is 0 Å². The van der Waals surface area contributed by atoms with Crippen LogP contribution in [0.3, 0.4) is 0 Å². The summed E-state index contributed by atoms with van der Waals surface area (Å²) in [4.78, 5) is 25.6. The fourth-order valence-corrected chi connectivity index (χ4v) is 3.96. The molecule has 34 heavy (non-hydrogen) atoms. The third-order valence-electron chi connectivity index (χ3n) is 5.72. The number of benzene rings is 1. The summed E-state index contributed by atoms with van der Waals surface area (Å²) in [5.74, 6) is -0.124. The van der Waals surface area contributed by atoms with Gasteiger partial charge in [0.25, 0.3) is 5.91 Å². The van der Waals surface area contributed by atoms with Crippen LogP contribution in [0.5, 0.6) is 0 Å². The van der Waals surface area contributed by atoms with Crippen molar-refractivity contribution >= 4 is 11.4 Å². The summed E-state index contributed by atoms with van der Waals surface area (Å²) in [6, 6.07) is 12.8. The predicted octanol–water partition coefficient (Wildman–Crippen LogP) is 4.53. The largest absolute Gasteiger partial charge is 0.349 e. The van der Waals surface area contributed by atoms with E-state index in [4.69, 9.17) is 0 Å². The third-order valence-corrected chi connectivity index (χ3v) is 5.72. The highest BCUT2D eigenvalue weighted by Gasteiger charge is 2.15. The van der Waals surface area contributed by atoms with E-state index >= 15 is 0 Å². The molecule has 170 valence electrons. The van der Waals surface area contributed by atoms with Gasteiger partial charge in [-0.3, -0.25) is 14.2 Å². The van der Waals surface area contributed by atoms with Gasteiger partial charge in [-0.05, 0) is 60.9 Å². The molecule has 0 aliphatic heterocycles. The van der Waals surface area contributed by atoms with Gasteiger partial charge < -0.3 is 9.88 Å². The van der Waals surface area contributed by atoms with Crippen LogP contribution in [0.15, 0.2) is 79.8 Å². The van der Waals surface area contributed by atoms with Crippen molar-refractivity contribution in [2.75, 3.05) is 6.54 Å². The zero-order valence-electron chi connectivity index (χ0n) is 18.6. The number of aromatic nitrogens is 5. The summed E-state index contributed by atoms with van der Waals surface area (Å²) in [7, 11) is 0. The van der Waals surface area contributed by atoms with Crippen LogP contribution in [0.25, 0.3) is 27.9 Å². The number of aryl methyl sites for hydroxylation is 2. The number of fused-ring (bicyclic) bond motifs is 1. The van der Waals surface area contributed by atoms with Crippen molar-refractivity contribution in [3.63, 3.8) is 0 Å². The topological polar surface area (TPSA) is 77.1 Å². The molecule has 8 heteroatoms. The highest BCUT2D eigenvalue weighted by molar-refractivity contribution is 5.92. The summed E-state index contributed by atoms with van der Waals surface area (Å²) < 4.78 is 17.5. The fraction of sp³-hybridized carbons (Fsp3) is 0.154. The lowest BCUT2D eigenvalue weighted by Gasteiger charge is -2.11. The molecule has 0 aliphatic carbocycles. The summed E-state index contributed by atoms with van der Waals surface area (Å²) in [5.41, 5.74) is 4.84. The Morgan fingerprint density at radius 1 is 1.06 bits per heavy atom. The Labute approximate surface area is 196 Å². The smallest absolute Gasteiger partial charge is 0.287 e. The van der Waals surface area contributed by atoms with Crippen LogP contribution in [0.2, 0.25) is 0 Å². The number of carbonyl (C=O) groups is 1. The van der Waals surface area contributed by atoms with Crippen molar-refractivity contribution < 1.29 is 9.18 Å². The maximum Gasteiger partial charge on any atom is 0.287 e. The molecular weight excluding hydrogens is 431 g/mol. The normalized spacial score (nSPS) is 11.1. The summed E-state index contributed by atoms with van der Waals surface area (Å²) in [5, 5.41) is 2.93.